The summed E-state index contributed by atoms with van der Waals surface area (Å²) in [5, 5.41) is 11.7. The Labute approximate surface area is 117 Å². The van der Waals surface area contributed by atoms with Crippen LogP contribution in [0.1, 0.15) is 13.3 Å². The number of anilines is 1. The molecule has 5 heteroatoms. The van der Waals surface area contributed by atoms with Crippen LogP contribution in [0.15, 0.2) is 36.4 Å². The molecule has 3 rings (SSSR count). The van der Waals surface area contributed by atoms with Crippen LogP contribution in [0.3, 0.4) is 0 Å². The van der Waals surface area contributed by atoms with Gasteiger partial charge in [0.2, 0.25) is 0 Å². The molecule has 0 amide bonds. The number of nitrogens with one attached hydrogen (secondary N) is 1. The van der Waals surface area contributed by atoms with Crippen LogP contribution in [-0.2, 0) is 7.05 Å². The van der Waals surface area contributed by atoms with Crippen molar-refractivity contribution in [1.29, 1.82) is 0 Å². The predicted octanol–water partition coefficient (Wildman–Crippen LogP) is 2.85. The molecule has 0 saturated carbocycles. The Morgan fingerprint density at radius 3 is 2.65 bits per heavy atom. The number of nitrogens with zero attached hydrogens (tertiary/aromatic N) is 4. The van der Waals surface area contributed by atoms with Crippen molar-refractivity contribution in [3.05, 3.63) is 36.4 Å². The van der Waals surface area contributed by atoms with E-state index in [9.17, 15) is 0 Å². The van der Waals surface area contributed by atoms with Gasteiger partial charge in [-0.1, -0.05) is 19.1 Å². The van der Waals surface area contributed by atoms with Gasteiger partial charge in [0.1, 0.15) is 11.5 Å². The number of fused-ring (bicyclic) bond motifs is 1. The van der Waals surface area contributed by atoms with Crippen LogP contribution in [0.2, 0.25) is 0 Å². The van der Waals surface area contributed by atoms with E-state index in [2.05, 4.69) is 33.5 Å². The molecular weight excluding hydrogens is 250 g/mol. The second kappa shape index (κ2) is 5.28. The average molecular weight is 267 g/mol. The van der Waals surface area contributed by atoms with Gasteiger partial charge in [-0.2, -0.15) is 0 Å². The van der Waals surface area contributed by atoms with Crippen molar-refractivity contribution < 1.29 is 0 Å². The predicted molar refractivity (Wildman–Crippen MR) is 80.5 cm³/mol. The molecule has 0 saturated heterocycles. The second-order valence-corrected chi connectivity index (χ2v) is 4.71. The standard InChI is InChI=1S/C15H17N5/c1-3-10-16-14-9-8-12(18-19-14)15-17-11-6-4-5-7-13(11)20(15)2/h4-9H,3,10H2,1-2H3,(H,16,19). The van der Waals surface area contributed by atoms with Crippen LogP contribution in [0, 0.1) is 0 Å². The molecule has 0 aliphatic rings. The summed E-state index contributed by atoms with van der Waals surface area (Å²) in [7, 11) is 2.00. The topological polar surface area (TPSA) is 55.6 Å². The van der Waals surface area contributed by atoms with Crippen molar-refractivity contribution in [2.24, 2.45) is 7.05 Å². The van der Waals surface area contributed by atoms with Gasteiger partial charge in [-0.15, -0.1) is 10.2 Å². The molecule has 5 nitrogen and oxygen atoms in total. The summed E-state index contributed by atoms with van der Waals surface area (Å²) in [6, 6.07) is 11.9. The Kier molecular flexibility index (Phi) is 3.33. The minimum Gasteiger partial charge on any atom is -0.369 e. The van der Waals surface area contributed by atoms with Gasteiger partial charge in [0.05, 0.1) is 11.0 Å². The zero-order valence-electron chi connectivity index (χ0n) is 11.7. The molecule has 0 fully saturated rings. The number of rotatable bonds is 4. The number of hydrogen-bond donors (Lipinski definition) is 1. The number of aromatic nitrogens is 4. The monoisotopic (exact) mass is 267 g/mol. The molecule has 1 N–H and O–H groups in total. The molecule has 2 heterocycles. The molecule has 2 aromatic heterocycles. The van der Waals surface area contributed by atoms with Gasteiger partial charge in [-0.3, -0.25) is 0 Å². The number of aryl methyl sites for hydroxylation is 1. The quantitative estimate of drug-likeness (QED) is 0.789. The highest BCUT2D eigenvalue weighted by Crippen LogP contribution is 2.21. The summed E-state index contributed by atoms with van der Waals surface area (Å²) < 4.78 is 2.04. The van der Waals surface area contributed by atoms with E-state index in [1.165, 1.54) is 0 Å². The van der Waals surface area contributed by atoms with Crippen molar-refractivity contribution in [3.63, 3.8) is 0 Å². The van der Waals surface area contributed by atoms with Crippen LogP contribution in [-0.4, -0.2) is 26.3 Å². The highest BCUT2D eigenvalue weighted by molar-refractivity contribution is 5.79. The molecule has 102 valence electrons. The van der Waals surface area contributed by atoms with Gasteiger partial charge in [0.15, 0.2) is 5.82 Å². The number of imidazole rings is 1. The fourth-order valence-electron chi connectivity index (χ4n) is 2.17. The molecule has 0 bridgehead atoms. The first-order chi connectivity index (χ1) is 9.79. The molecule has 1 aromatic carbocycles. The molecule has 0 atom stereocenters. The smallest absolute Gasteiger partial charge is 0.161 e. The Balaban J connectivity index is 1.96. The van der Waals surface area contributed by atoms with Crippen molar-refractivity contribution in [2.45, 2.75) is 13.3 Å². The van der Waals surface area contributed by atoms with Crippen molar-refractivity contribution in [3.8, 4) is 11.5 Å². The molecule has 0 unspecified atom stereocenters. The second-order valence-electron chi connectivity index (χ2n) is 4.71. The van der Waals surface area contributed by atoms with E-state index in [0.717, 1.165) is 41.3 Å². The van der Waals surface area contributed by atoms with E-state index < -0.39 is 0 Å². The lowest BCUT2D eigenvalue weighted by molar-refractivity contribution is 0.918. The number of hydrogen-bond acceptors (Lipinski definition) is 4. The van der Waals surface area contributed by atoms with Crippen molar-refractivity contribution in [2.75, 3.05) is 11.9 Å². The third kappa shape index (κ3) is 2.22. The lowest BCUT2D eigenvalue weighted by atomic mass is 10.3. The lowest BCUT2D eigenvalue weighted by Gasteiger charge is -2.04. The molecule has 20 heavy (non-hydrogen) atoms. The summed E-state index contributed by atoms with van der Waals surface area (Å²) in [6.45, 7) is 3.02. The number of benzene rings is 1. The van der Waals surface area contributed by atoms with Crippen LogP contribution < -0.4 is 5.32 Å². The van der Waals surface area contributed by atoms with Gasteiger partial charge in [-0.05, 0) is 30.7 Å². The van der Waals surface area contributed by atoms with Gasteiger partial charge < -0.3 is 9.88 Å². The summed E-state index contributed by atoms with van der Waals surface area (Å²) >= 11 is 0. The van der Waals surface area contributed by atoms with E-state index in [0.29, 0.717) is 0 Å². The van der Waals surface area contributed by atoms with E-state index in [1.54, 1.807) is 0 Å². The van der Waals surface area contributed by atoms with Crippen molar-refractivity contribution >= 4 is 16.9 Å². The first-order valence-electron chi connectivity index (χ1n) is 6.79. The van der Waals surface area contributed by atoms with E-state index in [4.69, 9.17) is 0 Å². The first kappa shape index (κ1) is 12.6. The summed E-state index contributed by atoms with van der Waals surface area (Å²) in [5.74, 6) is 1.63. The molecule has 3 aromatic rings. The third-order valence-electron chi connectivity index (χ3n) is 3.24. The van der Waals surface area contributed by atoms with Gasteiger partial charge in [-0.25, -0.2) is 4.98 Å². The first-order valence-corrected chi connectivity index (χ1v) is 6.79. The highest BCUT2D eigenvalue weighted by Gasteiger charge is 2.10. The Morgan fingerprint density at radius 1 is 1.10 bits per heavy atom. The van der Waals surface area contributed by atoms with E-state index in [1.807, 2.05) is 41.9 Å². The largest absolute Gasteiger partial charge is 0.369 e. The molecule has 0 aliphatic heterocycles. The SMILES string of the molecule is CCCNc1ccc(-c2nc3ccccc3n2C)nn1. The fourth-order valence-corrected chi connectivity index (χ4v) is 2.17. The zero-order valence-corrected chi connectivity index (χ0v) is 11.7. The van der Waals surface area contributed by atoms with Crippen LogP contribution >= 0.6 is 0 Å². The molecule has 0 spiro atoms. The minimum absolute atomic E-state index is 0.783. The Morgan fingerprint density at radius 2 is 1.95 bits per heavy atom. The van der Waals surface area contributed by atoms with Crippen LogP contribution in [0.5, 0.6) is 0 Å². The number of para-hydroxylation sites is 2. The van der Waals surface area contributed by atoms with Crippen LogP contribution in [0.25, 0.3) is 22.6 Å². The lowest BCUT2D eigenvalue weighted by Crippen LogP contribution is -2.03. The van der Waals surface area contributed by atoms with Gasteiger partial charge >= 0.3 is 0 Å². The Hall–Kier alpha value is -2.43. The molecule has 0 aliphatic carbocycles. The van der Waals surface area contributed by atoms with Crippen molar-refractivity contribution in [1.82, 2.24) is 19.7 Å². The van der Waals surface area contributed by atoms with Crippen LogP contribution in [0.4, 0.5) is 5.82 Å². The average Bonchev–Trinajstić information content (AvgIpc) is 2.83. The Bertz CT molecular complexity index is 715. The maximum absolute atomic E-state index is 4.61. The fraction of sp³-hybridized carbons (Fsp3) is 0.267. The molecular formula is C15H17N5. The zero-order chi connectivity index (χ0) is 13.9. The maximum Gasteiger partial charge on any atom is 0.161 e. The third-order valence-corrected chi connectivity index (χ3v) is 3.24. The maximum atomic E-state index is 4.61. The summed E-state index contributed by atoms with van der Waals surface area (Å²) in [6.07, 6.45) is 1.06. The summed E-state index contributed by atoms with van der Waals surface area (Å²) in [5.41, 5.74) is 2.85. The molecule has 0 radical (unpaired) electrons. The minimum atomic E-state index is 0.783. The van der Waals surface area contributed by atoms with E-state index in [-0.39, 0.29) is 0 Å². The summed E-state index contributed by atoms with van der Waals surface area (Å²) in [4.78, 5) is 4.61. The normalized spacial score (nSPS) is 10.9. The highest BCUT2D eigenvalue weighted by atomic mass is 15.2. The van der Waals surface area contributed by atoms with Gasteiger partial charge in [0.25, 0.3) is 0 Å². The van der Waals surface area contributed by atoms with E-state index >= 15 is 0 Å². The van der Waals surface area contributed by atoms with Gasteiger partial charge in [0, 0.05) is 13.6 Å².